The van der Waals surface area contributed by atoms with Gasteiger partial charge >= 0.3 is 0 Å². The fourth-order valence-electron chi connectivity index (χ4n) is 4.97. The number of hydrogen-bond donors (Lipinski definition) is 1. The van der Waals surface area contributed by atoms with E-state index in [9.17, 15) is 4.79 Å². The van der Waals surface area contributed by atoms with E-state index in [1.807, 2.05) is 35.7 Å². The van der Waals surface area contributed by atoms with E-state index in [-0.39, 0.29) is 5.91 Å². The minimum atomic E-state index is -0.537. The minimum Gasteiger partial charge on any atom is -0.368 e. The van der Waals surface area contributed by atoms with Crippen LogP contribution < -0.4 is 10.6 Å². The first-order chi connectivity index (χ1) is 14.1. The highest BCUT2D eigenvalue weighted by atomic mass is 16.1. The number of nitrogens with two attached hydrogens (primary N) is 1. The summed E-state index contributed by atoms with van der Waals surface area (Å²) in [7, 11) is 0. The monoisotopic (exact) mass is 393 g/mol. The summed E-state index contributed by atoms with van der Waals surface area (Å²) >= 11 is 0. The zero-order valence-electron chi connectivity index (χ0n) is 16.8. The maximum atomic E-state index is 12.5. The first-order valence-corrected chi connectivity index (χ1v) is 10.5. The van der Waals surface area contributed by atoms with Crippen molar-refractivity contribution in [3.8, 4) is 0 Å². The molecule has 152 valence electrons. The highest BCUT2D eigenvalue weighted by Crippen LogP contribution is 2.33. The summed E-state index contributed by atoms with van der Waals surface area (Å²) in [4.78, 5) is 26.6. The van der Waals surface area contributed by atoms with Crippen molar-refractivity contribution >= 4 is 28.4 Å². The summed E-state index contributed by atoms with van der Waals surface area (Å²) in [6, 6.07) is 8.02. The number of nitrogens with zero attached hydrogens (tertiary/aromatic N) is 6. The minimum absolute atomic E-state index is 0.188. The molecule has 2 aliphatic heterocycles. The van der Waals surface area contributed by atoms with Gasteiger partial charge in [-0.25, -0.2) is 9.97 Å². The molecule has 2 aromatic heterocycles. The Bertz CT molecular complexity index is 1060. The normalized spacial score (nSPS) is 20.4. The van der Waals surface area contributed by atoms with Gasteiger partial charge in [-0.1, -0.05) is 18.6 Å². The van der Waals surface area contributed by atoms with Crippen LogP contribution in [0.5, 0.6) is 0 Å². The maximum absolute atomic E-state index is 12.5. The molecule has 1 aromatic carbocycles. The molecule has 2 saturated heterocycles. The number of amides is 1. The molecule has 0 saturated carbocycles. The quantitative estimate of drug-likeness (QED) is 0.731. The van der Waals surface area contributed by atoms with Gasteiger partial charge in [0.05, 0.1) is 5.52 Å². The summed E-state index contributed by atoms with van der Waals surface area (Å²) < 4.78 is 1.84. The van der Waals surface area contributed by atoms with Crippen molar-refractivity contribution in [3.05, 3.63) is 30.1 Å². The lowest BCUT2D eigenvalue weighted by Gasteiger charge is -2.48. The number of hydrogen-bond acceptors (Lipinski definition) is 6. The van der Waals surface area contributed by atoms with Crippen LogP contribution in [0.1, 0.15) is 37.9 Å². The highest BCUT2D eigenvalue weighted by molar-refractivity contribution is 5.92. The third-order valence-electron chi connectivity index (χ3n) is 6.56. The molecular formula is C21H27N7O. The van der Waals surface area contributed by atoms with Gasteiger partial charge in [0.15, 0.2) is 5.65 Å². The molecule has 0 aliphatic carbocycles. The van der Waals surface area contributed by atoms with Gasteiger partial charge in [0.1, 0.15) is 11.4 Å². The molecule has 2 fully saturated rings. The van der Waals surface area contributed by atoms with Crippen LogP contribution in [0.3, 0.4) is 0 Å². The number of rotatable bonds is 3. The smallest absolute Gasteiger partial charge is 0.238 e. The van der Waals surface area contributed by atoms with E-state index in [4.69, 9.17) is 10.7 Å². The number of carbonyl (C=O) groups is 1. The summed E-state index contributed by atoms with van der Waals surface area (Å²) in [5, 5.41) is 5.59. The molecule has 8 heteroatoms. The Morgan fingerprint density at radius 3 is 2.48 bits per heavy atom. The van der Waals surface area contributed by atoms with E-state index >= 15 is 0 Å². The molecule has 29 heavy (non-hydrogen) atoms. The van der Waals surface area contributed by atoms with Gasteiger partial charge in [-0.2, -0.15) is 4.52 Å². The molecule has 0 radical (unpaired) electrons. The third-order valence-corrected chi connectivity index (χ3v) is 6.56. The zero-order chi connectivity index (χ0) is 20.0. The van der Waals surface area contributed by atoms with Crippen LogP contribution in [-0.4, -0.2) is 62.1 Å². The summed E-state index contributed by atoms with van der Waals surface area (Å²) in [6.07, 6.45) is 4.95. The molecule has 0 spiro atoms. The van der Waals surface area contributed by atoms with Crippen LogP contribution in [-0.2, 0) is 4.79 Å². The molecule has 3 aromatic rings. The molecule has 1 amide bonds. The van der Waals surface area contributed by atoms with Crippen molar-refractivity contribution in [2.75, 3.05) is 31.1 Å². The summed E-state index contributed by atoms with van der Waals surface area (Å²) in [5.74, 6) is 1.32. The van der Waals surface area contributed by atoms with E-state index in [0.29, 0.717) is 12.8 Å². The van der Waals surface area contributed by atoms with E-state index < -0.39 is 5.54 Å². The number of aryl methyl sites for hydroxylation is 1. The van der Waals surface area contributed by atoms with Crippen LogP contribution in [0.2, 0.25) is 0 Å². The lowest BCUT2D eigenvalue weighted by atomic mass is 9.83. The van der Waals surface area contributed by atoms with Gasteiger partial charge in [-0.3, -0.25) is 9.69 Å². The highest BCUT2D eigenvalue weighted by Gasteiger charge is 2.45. The second-order valence-electron chi connectivity index (χ2n) is 8.25. The topological polar surface area (TPSA) is 92.7 Å². The number of carbonyl (C=O) groups excluding carboxylic acids is 1. The standard InChI is InChI=1S/C21H27N7O/c1-15-23-18-16-7-3-4-8-17(16)24-20(28(18)25-15)26-13-9-21(10-14-26,19(22)29)27-11-5-2-6-12-27/h3-4,7-8H,2,5-6,9-14H2,1H3,(H2,22,29). The first kappa shape index (κ1) is 18.3. The van der Waals surface area contributed by atoms with Gasteiger partial charge in [0.25, 0.3) is 0 Å². The molecule has 2 N–H and O–H groups in total. The Labute approximate surface area is 169 Å². The Morgan fingerprint density at radius 1 is 1.03 bits per heavy atom. The average molecular weight is 393 g/mol. The second-order valence-corrected chi connectivity index (χ2v) is 8.25. The molecule has 0 bridgehead atoms. The summed E-state index contributed by atoms with van der Waals surface area (Å²) in [6.45, 7) is 5.27. The van der Waals surface area contributed by atoms with Gasteiger partial charge < -0.3 is 10.6 Å². The van der Waals surface area contributed by atoms with E-state index in [1.54, 1.807) is 0 Å². The number of likely N-dealkylation sites (tertiary alicyclic amines) is 1. The molecule has 2 aliphatic rings. The Hall–Kier alpha value is -2.74. The van der Waals surface area contributed by atoms with Gasteiger partial charge in [0.2, 0.25) is 11.9 Å². The maximum Gasteiger partial charge on any atom is 0.238 e. The lowest BCUT2D eigenvalue weighted by Crippen LogP contribution is -2.63. The Morgan fingerprint density at radius 2 is 1.76 bits per heavy atom. The molecule has 4 heterocycles. The number of benzene rings is 1. The predicted octanol–water partition coefficient (Wildman–Crippen LogP) is 1.90. The van der Waals surface area contributed by atoms with Crippen LogP contribution in [0.25, 0.3) is 16.6 Å². The number of anilines is 1. The average Bonchev–Trinajstić information content (AvgIpc) is 3.15. The number of para-hydroxylation sites is 1. The predicted molar refractivity (Wildman–Crippen MR) is 112 cm³/mol. The van der Waals surface area contributed by atoms with Crippen LogP contribution >= 0.6 is 0 Å². The first-order valence-electron chi connectivity index (χ1n) is 10.5. The van der Waals surface area contributed by atoms with Crippen molar-refractivity contribution in [1.29, 1.82) is 0 Å². The molecule has 0 atom stereocenters. The van der Waals surface area contributed by atoms with Crippen molar-refractivity contribution in [2.24, 2.45) is 5.73 Å². The van der Waals surface area contributed by atoms with Gasteiger partial charge in [-0.15, -0.1) is 5.10 Å². The van der Waals surface area contributed by atoms with Gasteiger partial charge in [0, 0.05) is 18.5 Å². The van der Waals surface area contributed by atoms with Crippen molar-refractivity contribution in [2.45, 2.75) is 44.6 Å². The number of fused-ring (bicyclic) bond motifs is 3. The van der Waals surface area contributed by atoms with Crippen LogP contribution in [0, 0.1) is 6.92 Å². The fourth-order valence-corrected chi connectivity index (χ4v) is 4.97. The fraction of sp³-hybridized carbons (Fsp3) is 0.524. The molecule has 8 nitrogen and oxygen atoms in total. The molecule has 5 rings (SSSR count). The van der Waals surface area contributed by atoms with E-state index in [2.05, 4.69) is 19.9 Å². The van der Waals surface area contributed by atoms with E-state index in [0.717, 1.165) is 67.3 Å². The van der Waals surface area contributed by atoms with Crippen molar-refractivity contribution in [1.82, 2.24) is 24.5 Å². The largest absolute Gasteiger partial charge is 0.368 e. The van der Waals surface area contributed by atoms with Crippen molar-refractivity contribution < 1.29 is 4.79 Å². The van der Waals surface area contributed by atoms with Crippen LogP contribution in [0.4, 0.5) is 5.95 Å². The van der Waals surface area contributed by atoms with Crippen molar-refractivity contribution in [3.63, 3.8) is 0 Å². The molecular weight excluding hydrogens is 366 g/mol. The Kier molecular flexibility index (Phi) is 4.38. The summed E-state index contributed by atoms with van der Waals surface area (Å²) in [5.41, 5.74) is 7.14. The van der Waals surface area contributed by atoms with E-state index in [1.165, 1.54) is 6.42 Å². The SMILES string of the molecule is Cc1nc2c3ccccc3nc(N3CCC(C(N)=O)(N4CCCCC4)CC3)n2n1. The third kappa shape index (κ3) is 2.93. The lowest BCUT2D eigenvalue weighted by molar-refractivity contribution is -0.132. The van der Waals surface area contributed by atoms with Crippen LogP contribution in [0.15, 0.2) is 24.3 Å². The zero-order valence-corrected chi connectivity index (χ0v) is 16.8. The number of primary amides is 1. The Balaban J connectivity index is 1.50. The number of piperidine rings is 2. The molecule has 0 unspecified atom stereocenters. The van der Waals surface area contributed by atoms with Gasteiger partial charge in [-0.05, 0) is 57.8 Å². The second kappa shape index (κ2) is 6.95. The number of aromatic nitrogens is 4.